The van der Waals surface area contributed by atoms with Crippen molar-refractivity contribution in [3.8, 4) is 28.7 Å². The Hall–Kier alpha value is -7.47. The van der Waals surface area contributed by atoms with Gasteiger partial charge in [-0.05, 0) is 120 Å². The van der Waals surface area contributed by atoms with Gasteiger partial charge in [0.1, 0.15) is 46.6 Å². The molecule has 94 heavy (non-hydrogen) atoms. The van der Waals surface area contributed by atoms with E-state index in [1.807, 2.05) is 0 Å². The number of amides is 3. The number of pyridine rings is 1. The number of aliphatic carboxylic acids is 1. The zero-order valence-electron chi connectivity index (χ0n) is 51.1. The van der Waals surface area contributed by atoms with Crippen molar-refractivity contribution in [1.82, 2.24) is 34.2 Å². The number of halogens is 11. The average molecular weight is 1410 g/mol. The smallest absolute Gasteiger partial charge is 0.481 e. The predicted molar refractivity (Wildman–Crippen MR) is 319 cm³/mol. The van der Waals surface area contributed by atoms with Gasteiger partial charge in [0.25, 0.3) is 17.2 Å². The molecule has 2 aliphatic rings. The van der Waals surface area contributed by atoms with Gasteiger partial charge in [-0.15, -0.1) is 0 Å². The average Bonchev–Trinajstić information content (AvgIpc) is 1.52. The Kier molecular flexibility index (Phi) is 20.2. The van der Waals surface area contributed by atoms with E-state index >= 15 is 17.6 Å². The van der Waals surface area contributed by atoms with Crippen LogP contribution in [-0.2, 0) is 99.1 Å². The molecule has 3 aromatic carbocycles. The van der Waals surface area contributed by atoms with E-state index in [0.717, 1.165) is 54.8 Å². The number of nitrogens with two attached hydrogens (primary N) is 1. The summed E-state index contributed by atoms with van der Waals surface area (Å²) in [6.07, 6.45) is -14.2. The number of fused-ring (bicyclic) bond motifs is 4. The van der Waals surface area contributed by atoms with E-state index in [1.54, 1.807) is 0 Å². The normalized spacial score (nSPS) is 16.3. The predicted octanol–water partition coefficient (Wildman–Crippen LogP) is 11.2. The molecular formula is C59H60ClF10N8O13PS2. The van der Waals surface area contributed by atoms with Gasteiger partial charge in [0.2, 0.25) is 17.7 Å². The zero-order chi connectivity index (χ0) is 70.1. The van der Waals surface area contributed by atoms with Gasteiger partial charge < -0.3 is 20.7 Å². The Morgan fingerprint density at radius 2 is 1.55 bits per heavy atom. The van der Waals surface area contributed by atoms with E-state index in [0.29, 0.717) is 10.7 Å². The van der Waals surface area contributed by atoms with Crippen molar-refractivity contribution >= 4 is 75.1 Å². The molecule has 1 fully saturated rings. The minimum absolute atomic E-state index is 0.175. The lowest BCUT2D eigenvalue weighted by atomic mass is 9.77. The van der Waals surface area contributed by atoms with Crippen LogP contribution in [0.15, 0.2) is 54.6 Å². The molecule has 508 valence electrons. The number of benzene rings is 3. The number of nitrogens with zero attached hydrogens (tertiary/aromatic N) is 6. The topological polar surface area (TPSA) is 295 Å². The number of alkyl halides is 8. The summed E-state index contributed by atoms with van der Waals surface area (Å²) >= 11 is 3.42. The number of carboxylic acid groups (broad SMARTS) is 1. The van der Waals surface area contributed by atoms with Crippen molar-refractivity contribution in [2.24, 2.45) is 11.7 Å². The lowest BCUT2D eigenvalue weighted by Crippen LogP contribution is -2.37. The number of nitrogens with one attached hydrogen (secondary N) is 1. The summed E-state index contributed by atoms with van der Waals surface area (Å²) in [5.74, 6) is -9.73. The van der Waals surface area contributed by atoms with Crippen LogP contribution in [0.2, 0.25) is 5.02 Å². The first-order chi connectivity index (χ1) is 43.2. The molecule has 8 rings (SSSR count). The summed E-state index contributed by atoms with van der Waals surface area (Å²) in [5, 5.41) is 19.2. The van der Waals surface area contributed by atoms with Crippen LogP contribution < -0.4 is 15.6 Å². The number of carbonyl (C=O) groups excluding carboxylic acids is 3. The van der Waals surface area contributed by atoms with Crippen molar-refractivity contribution in [3.05, 3.63) is 128 Å². The fourth-order valence-corrected chi connectivity index (χ4v) is 13.6. The number of primary amides is 1. The molecular weight excluding hydrogens is 1350 g/mol. The van der Waals surface area contributed by atoms with E-state index in [1.165, 1.54) is 55.4 Å². The Morgan fingerprint density at radius 1 is 0.936 bits per heavy atom. The number of hydrogen-bond acceptors (Lipinski definition) is 14. The molecule has 1 unspecified atom stereocenters. The monoisotopic (exact) mass is 1410 g/mol. The number of phosphoric acid groups is 1. The third-order valence-corrected chi connectivity index (χ3v) is 19.9. The Balaban J connectivity index is 1.30. The third-order valence-electron chi connectivity index (χ3n) is 15.1. The van der Waals surface area contributed by atoms with Crippen LogP contribution in [0.4, 0.5) is 43.9 Å². The van der Waals surface area contributed by atoms with Crippen LogP contribution in [0.25, 0.3) is 22.0 Å². The maximum atomic E-state index is 15.8. The molecule has 3 heterocycles. The summed E-state index contributed by atoms with van der Waals surface area (Å²) in [7, 11) is -8.70. The molecule has 0 radical (unpaired) electrons. The largest absolute Gasteiger partial charge is 0.530 e. The molecule has 0 saturated heterocycles. The first-order valence-electron chi connectivity index (χ1n) is 28.3. The summed E-state index contributed by atoms with van der Waals surface area (Å²) < 4.78 is 230. The van der Waals surface area contributed by atoms with Crippen LogP contribution in [0, 0.1) is 29.4 Å². The maximum Gasteiger partial charge on any atom is 0.530 e. The van der Waals surface area contributed by atoms with Crippen molar-refractivity contribution in [1.29, 1.82) is 0 Å². The Labute approximate surface area is 538 Å². The molecule has 5 N–H and O–H groups in total. The molecule has 3 amide bonds. The zero-order valence-corrected chi connectivity index (χ0v) is 54.4. The van der Waals surface area contributed by atoms with E-state index in [2.05, 4.69) is 32.3 Å². The van der Waals surface area contributed by atoms with E-state index in [4.69, 9.17) is 30.9 Å². The minimum Gasteiger partial charge on any atom is -0.481 e. The number of sulfone groups is 1. The second-order valence-electron chi connectivity index (χ2n) is 24.2. The van der Waals surface area contributed by atoms with Crippen molar-refractivity contribution in [3.63, 3.8) is 0 Å². The molecule has 0 spiro atoms. The molecule has 21 nitrogen and oxygen atoms in total. The van der Waals surface area contributed by atoms with Crippen molar-refractivity contribution in [2.75, 3.05) is 6.26 Å². The molecule has 1 saturated carbocycles. The molecule has 0 bridgehead atoms. The lowest BCUT2D eigenvalue weighted by Gasteiger charge is -2.32. The van der Waals surface area contributed by atoms with Gasteiger partial charge in [-0.3, -0.25) is 42.1 Å². The number of rotatable bonds is 24. The maximum absolute atomic E-state index is 15.8. The molecule has 2 aliphatic carbocycles. The lowest BCUT2D eigenvalue weighted by molar-refractivity contribution is -0.143. The van der Waals surface area contributed by atoms with Gasteiger partial charge in [-0.2, -0.15) is 45.3 Å². The number of carboxylic acids is 1. The summed E-state index contributed by atoms with van der Waals surface area (Å²) in [6.45, 7) is 6.46. The van der Waals surface area contributed by atoms with Crippen LogP contribution in [0.1, 0.15) is 141 Å². The second kappa shape index (κ2) is 26.3. The molecule has 4 atom stereocenters. The van der Waals surface area contributed by atoms with Gasteiger partial charge >= 0.3 is 26.1 Å². The standard InChI is InChI=1S/C59H60ClF10N8O13PS2/c1-28(2)89-92(84,90-29(3)4)91-43-20-32(54(71)83)19-31(21-46(81)82)49(43)55(5,6)24-45(80)78(93(85)86)25-42-48-40(60)13-12-37(51(48)77(74-42)27-57(63,64)65)36-11-10-35(14-15-56(7,8)94(9,87)88)72-50(36)41(18-30-16-33(61)22-34(62)17-30)73-44(79)26-76-53-47(52(75-76)59(68,69)70)38-23-39(38)58(53,66)67/h10-13,16-17,19-20,22,28-29,38-39,41H,18,21,23-27H2,1-9H3,(H2,71,83)(H,73,79)(H,81,82)(H,85,86)/t38-,39+,41-/m0/s1. The Bertz CT molecular complexity index is 4290. The van der Waals surface area contributed by atoms with Crippen LogP contribution in [0.5, 0.6) is 5.75 Å². The molecule has 35 heteroatoms. The van der Waals surface area contributed by atoms with E-state index in [9.17, 15) is 72.4 Å². The summed E-state index contributed by atoms with van der Waals surface area (Å²) in [5.41, 5.74) is -3.70. The molecule has 3 aromatic heterocycles. The van der Waals surface area contributed by atoms with Crippen LogP contribution in [-0.4, -0.2) is 104 Å². The molecule has 6 aromatic rings. The van der Waals surface area contributed by atoms with Gasteiger partial charge in [0.15, 0.2) is 15.5 Å². The van der Waals surface area contributed by atoms with Gasteiger partial charge in [-0.1, -0.05) is 37.4 Å². The number of aromatic nitrogens is 5. The summed E-state index contributed by atoms with van der Waals surface area (Å²) in [4.78, 5) is 58.8. The van der Waals surface area contributed by atoms with Gasteiger partial charge in [0, 0.05) is 63.3 Å². The fourth-order valence-electron chi connectivity index (χ4n) is 11.0. The van der Waals surface area contributed by atoms with Crippen molar-refractivity contribution in [2.45, 2.75) is 153 Å². The van der Waals surface area contributed by atoms with Gasteiger partial charge in [0.05, 0.1) is 53.1 Å². The second-order valence-corrected chi connectivity index (χ2v) is 29.5. The highest BCUT2D eigenvalue weighted by molar-refractivity contribution is 7.92. The fraction of sp³-hybridized carbons (Fsp3) is 0.441. The summed E-state index contributed by atoms with van der Waals surface area (Å²) in [6, 6.07) is 6.73. The Morgan fingerprint density at radius 3 is 2.11 bits per heavy atom. The number of hydrogen-bond donors (Lipinski definition) is 4. The van der Waals surface area contributed by atoms with Crippen LogP contribution in [0.3, 0.4) is 0 Å². The van der Waals surface area contributed by atoms with Crippen molar-refractivity contribution < 1.29 is 104 Å². The molecule has 0 aliphatic heterocycles. The van der Waals surface area contributed by atoms with Gasteiger partial charge in [-0.25, -0.2) is 35.3 Å². The number of phosphoric ester groups is 1. The van der Waals surface area contributed by atoms with E-state index in [-0.39, 0.29) is 54.5 Å². The quantitative estimate of drug-likeness (QED) is 0.0189. The highest BCUT2D eigenvalue weighted by Crippen LogP contribution is 2.68. The number of carbonyl (C=O) groups is 4. The van der Waals surface area contributed by atoms with Crippen LogP contribution >= 0.6 is 19.4 Å². The minimum atomic E-state index is -5.27. The first kappa shape index (κ1) is 72.4. The SMILES string of the molecule is CC(C)OP(=O)(Oc1cc(C(N)=O)cc(CC(=O)O)c1C(C)(C)CC(=O)N(Cc1nn(CC(F)(F)F)c2c(-c3ccc(C#CC(C)(C)S(C)(=O)=O)nc3[C@H](Cc3cc(F)cc(F)c3)NC(=O)Cn3nc(C(F)(F)F)c4c3C(F)(F)[C@@H]3C[C@H]43)ccc(Cl)c12)S(=O)O)OC(C)C. The first-order valence-corrected chi connectivity index (χ1v) is 33.1. The highest BCUT2D eigenvalue weighted by atomic mass is 35.5. The van der Waals surface area contributed by atoms with E-state index < -0.39 is 212 Å². The highest BCUT2D eigenvalue weighted by Gasteiger charge is 2.68. The third kappa shape index (κ3) is 15.9.